The van der Waals surface area contributed by atoms with E-state index in [1.54, 1.807) is 0 Å². The Balaban J connectivity index is 2.25. The van der Waals surface area contributed by atoms with Gasteiger partial charge >= 0.3 is 6.09 Å². The molecule has 0 bridgehead atoms. The molecule has 0 spiro atoms. The van der Waals surface area contributed by atoms with E-state index in [0.29, 0.717) is 18.5 Å². The first-order valence-electron chi connectivity index (χ1n) is 8.20. The third kappa shape index (κ3) is 7.67. The van der Waals surface area contributed by atoms with Crippen LogP contribution in [0, 0.1) is 5.92 Å². The molecule has 0 aromatic heterocycles. The molecule has 1 amide bonds. The largest absolute Gasteiger partial charge is 0.444 e. The second-order valence-electron chi connectivity index (χ2n) is 7.03. The van der Waals surface area contributed by atoms with Gasteiger partial charge < -0.3 is 20.3 Å². The fourth-order valence-electron chi connectivity index (χ4n) is 2.68. The molecule has 21 heavy (non-hydrogen) atoms. The minimum Gasteiger partial charge on any atom is -0.444 e. The highest BCUT2D eigenvalue weighted by atomic mass is 16.6. The molecule has 2 atom stereocenters. The van der Waals surface area contributed by atoms with Crippen LogP contribution in [0.3, 0.4) is 0 Å². The topological polar surface area (TPSA) is 53.6 Å². The van der Waals surface area contributed by atoms with Crippen LogP contribution in [0.15, 0.2) is 0 Å². The van der Waals surface area contributed by atoms with Gasteiger partial charge in [0.15, 0.2) is 0 Å². The number of carbonyl (C=O) groups is 1. The molecule has 1 rings (SSSR count). The van der Waals surface area contributed by atoms with Crippen LogP contribution in [0.2, 0.25) is 0 Å². The first-order valence-corrected chi connectivity index (χ1v) is 8.20. The van der Waals surface area contributed by atoms with Crippen LogP contribution in [0.5, 0.6) is 0 Å². The van der Waals surface area contributed by atoms with Gasteiger partial charge in [0.25, 0.3) is 0 Å². The predicted octanol–water partition coefficient (Wildman–Crippen LogP) is 2.22. The highest BCUT2D eigenvalue weighted by Crippen LogP contribution is 2.25. The van der Waals surface area contributed by atoms with Crippen molar-refractivity contribution in [1.82, 2.24) is 15.5 Å². The summed E-state index contributed by atoms with van der Waals surface area (Å²) in [5, 5.41) is 6.55. The third-order valence-electron chi connectivity index (χ3n) is 4.01. The molecule has 1 saturated carbocycles. The number of rotatable bonds is 7. The average molecular weight is 299 g/mol. The summed E-state index contributed by atoms with van der Waals surface area (Å²) in [7, 11) is 2.14. The molecule has 0 radical (unpaired) electrons. The van der Waals surface area contributed by atoms with E-state index in [2.05, 4.69) is 29.5 Å². The van der Waals surface area contributed by atoms with Crippen LogP contribution in [-0.2, 0) is 4.74 Å². The quantitative estimate of drug-likeness (QED) is 0.757. The van der Waals surface area contributed by atoms with Crippen LogP contribution in [0.25, 0.3) is 0 Å². The molecule has 2 unspecified atom stereocenters. The number of nitrogens with zero attached hydrogens (tertiary/aromatic N) is 1. The molecule has 1 aliphatic carbocycles. The molecule has 0 aliphatic heterocycles. The Morgan fingerprint density at radius 2 is 2.05 bits per heavy atom. The van der Waals surface area contributed by atoms with E-state index >= 15 is 0 Å². The van der Waals surface area contributed by atoms with Gasteiger partial charge in [0.2, 0.25) is 0 Å². The third-order valence-corrected chi connectivity index (χ3v) is 4.01. The molecule has 5 nitrogen and oxygen atoms in total. The zero-order chi connectivity index (χ0) is 15.9. The Hall–Kier alpha value is -0.810. The minimum atomic E-state index is -0.428. The van der Waals surface area contributed by atoms with Crippen molar-refractivity contribution in [3.63, 3.8) is 0 Å². The Morgan fingerprint density at radius 3 is 2.67 bits per heavy atom. The molecule has 0 heterocycles. The SMILES string of the molecule is CCN(C)CCNC1CCCC1CNC(=O)OC(C)(C)C. The molecular formula is C16H33N3O2. The maximum Gasteiger partial charge on any atom is 0.407 e. The van der Waals surface area contributed by atoms with Crippen molar-refractivity contribution >= 4 is 6.09 Å². The molecule has 1 fully saturated rings. The van der Waals surface area contributed by atoms with Crippen molar-refractivity contribution in [2.45, 2.75) is 58.6 Å². The Labute approximate surface area is 129 Å². The normalized spacial score (nSPS) is 22.6. The zero-order valence-electron chi connectivity index (χ0n) is 14.4. The summed E-state index contributed by atoms with van der Waals surface area (Å²) < 4.78 is 5.28. The lowest BCUT2D eigenvalue weighted by atomic mass is 10.0. The first kappa shape index (κ1) is 18.2. The van der Waals surface area contributed by atoms with E-state index in [9.17, 15) is 4.79 Å². The maximum atomic E-state index is 11.7. The second kappa shape index (κ2) is 8.59. The van der Waals surface area contributed by atoms with E-state index in [4.69, 9.17) is 4.74 Å². The number of hydrogen-bond acceptors (Lipinski definition) is 4. The molecule has 0 aromatic carbocycles. The number of carbonyl (C=O) groups excluding carboxylic acids is 1. The molecule has 1 aliphatic rings. The summed E-state index contributed by atoms with van der Waals surface area (Å²) in [5.74, 6) is 0.518. The lowest BCUT2D eigenvalue weighted by Crippen LogP contribution is -2.42. The number of amides is 1. The van der Waals surface area contributed by atoms with Crippen LogP contribution in [0.1, 0.15) is 47.0 Å². The highest BCUT2D eigenvalue weighted by molar-refractivity contribution is 5.67. The van der Waals surface area contributed by atoms with Crippen molar-refractivity contribution in [2.75, 3.05) is 33.2 Å². The van der Waals surface area contributed by atoms with Gasteiger partial charge in [0.1, 0.15) is 5.60 Å². The van der Waals surface area contributed by atoms with Crippen molar-refractivity contribution in [3.8, 4) is 0 Å². The molecule has 0 saturated heterocycles. The summed E-state index contributed by atoms with van der Waals surface area (Å²) in [6, 6.07) is 0.519. The number of nitrogens with one attached hydrogen (secondary N) is 2. The van der Waals surface area contributed by atoms with Crippen LogP contribution >= 0.6 is 0 Å². The fraction of sp³-hybridized carbons (Fsp3) is 0.938. The monoisotopic (exact) mass is 299 g/mol. The zero-order valence-corrected chi connectivity index (χ0v) is 14.4. The summed E-state index contributed by atoms with van der Waals surface area (Å²) in [6.45, 7) is 11.7. The first-order chi connectivity index (χ1) is 9.81. The van der Waals surface area contributed by atoms with Crippen LogP contribution < -0.4 is 10.6 Å². The van der Waals surface area contributed by atoms with Gasteiger partial charge in [0.05, 0.1) is 0 Å². The van der Waals surface area contributed by atoms with E-state index < -0.39 is 5.60 Å². The van der Waals surface area contributed by atoms with Crippen molar-refractivity contribution in [3.05, 3.63) is 0 Å². The molecular weight excluding hydrogens is 266 g/mol. The lowest BCUT2D eigenvalue weighted by molar-refractivity contribution is 0.0517. The molecule has 124 valence electrons. The fourth-order valence-corrected chi connectivity index (χ4v) is 2.68. The van der Waals surface area contributed by atoms with E-state index in [-0.39, 0.29) is 6.09 Å². The van der Waals surface area contributed by atoms with Gasteiger partial charge in [-0.3, -0.25) is 0 Å². The van der Waals surface area contributed by atoms with Crippen molar-refractivity contribution < 1.29 is 9.53 Å². The van der Waals surface area contributed by atoms with Crippen molar-refractivity contribution in [1.29, 1.82) is 0 Å². The van der Waals surface area contributed by atoms with E-state index in [0.717, 1.165) is 19.6 Å². The van der Waals surface area contributed by atoms with Gasteiger partial charge in [-0.25, -0.2) is 4.79 Å². The number of alkyl carbamates (subject to hydrolysis) is 1. The Bertz CT molecular complexity index is 315. The van der Waals surface area contributed by atoms with Gasteiger partial charge in [-0.2, -0.15) is 0 Å². The molecule has 0 aromatic rings. The maximum absolute atomic E-state index is 11.7. The Morgan fingerprint density at radius 1 is 1.33 bits per heavy atom. The molecule has 2 N–H and O–H groups in total. The summed E-state index contributed by atoms with van der Waals surface area (Å²) in [6.07, 6.45) is 3.31. The highest BCUT2D eigenvalue weighted by Gasteiger charge is 2.27. The lowest BCUT2D eigenvalue weighted by Gasteiger charge is -2.24. The van der Waals surface area contributed by atoms with Crippen LogP contribution in [-0.4, -0.2) is 55.9 Å². The van der Waals surface area contributed by atoms with Gasteiger partial charge in [-0.15, -0.1) is 0 Å². The average Bonchev–Trinajstić information content (AvgIpc) is 2.81. The number of likely N-dealkylation sites (N-methyl/N-ethyl adjacent to an activating group) is 1. The predicted molar refractivity (Wildman–Crippen MR) is 86.5 cm³/mol. The van der Waals surface area contributed by atoms with E-state index in [1.165, 1.54) is 19.3 Å². The minimum absolute atomic E-state index is 0.307. The molecule has 5 heteroatoms. The van der Waals surface area contributed by atoms with Crippen LogP contribution in [0.4, 0.5) is 4.79 Å². The van der Waals surface area contributed by atoms with Gasteiger partial charge in [0, 0.05) is 25.7 Å². The van der Waals surface area contributed by atoms with Gasteiger partial charge in [-0.05, 0) is 53.1 Å². The summed E-state index contributed by atoms with van der Waals surface area (Å²) >= 11 is 0. The number of ether oxygens (including phenoxy) is 1. The van der Waals surface area contributed by atoms with E-state index in [1.807, 2.05) is 20.8 Å². The summed E-state index contributed by atoms with van der Waals surface area (Å²) in [5.41, 5.74) is -0.428. The summed E-state index contributed by atoms with van der Waals surface area (Å²) in [4.78, 5) is 14.0. The smallest absolute Gasteiger partial charge is 0.407 e. The van der Waals surface area contributed by atoms with Crippen molar-refractivity contribution in [2.24, 2.45) is 5.92 Å². The Kier molecular flexibility index (Phi) is 7.46. The number of hydrogen-bond donors (Lipinski definition) is 2. The van der Waals surface area contributed by atoms with Gasteiger partial charge in [-0.1, -0.05) is 13.3 Å². The second-order valence-corrected chi connectivity index (χ2v) is 7.03. The standard InChI is InChI=1S/C16H33N3O2/c1-6-19(5)11-10-17-14-9-7-8-13(14)12-18-15(20)21-16(2,3)4/h13-14,17H,6-12H2,1-5H3,(H,18,20).